The molecular formula is C4H12NO3P. The molecule has 0 saturated carbocycles. The van der Waals surface area contributed by atoms with Gasteiger partial charge in [0.15, 0.2) is 0 Å². The molecule has 9 heavy (non-hydrogen) atoms. The molecular weight excluding hydrogens is 141 g/mol. The fraction of sp³-hybridized carbons (Fsp3) is 1.00. The van der Waals surface area contributed by atoms with E-state index >= 15 is 0 Å². The molecule has 0 aromatic carbocycles. The van der Waals surface area contributed by atoms with Crippen molar-refractivity contribution in [3.8, 4) is 0 Å². The van der Waals surface area contributed by atoms with Gasteiger partial charge in [0, 0.05) is 6.04 Å². The molecule has 1 atom stereocenters. The van der Waals surface area contributed by atoms with E-state index in [4.69, 9.17) is 15.5 Å². The highest BCUT2D eigenvalue weighted by molar-refractivity contribution is 7.51. The molecule has 5 heteroatoms. The van der Waals surface area contributed by atoms with Crippen LogP contribution in [0.1, 0.15) is 13.3 Å². The average molecular weight is 153 g/mol. The quantitative estimate of drug-likeness (QED) is 0.494. The van der Waals surface area contributed by atoms with Crippen LogP contribution in [0.2, 0.25) is 0 Å². The Morgan fingerprint density at radius 2 is 2.11 bits per heavy atom. The second kappa shape index (κ2) is 3.32. The van der Waals surface area contributed by atoms with Crippen molar-refractivity contribution in [3.63, 3.8) is 0 Å². The van der Waals surface area contributed by atoms with Crippen LogP contribution in [0.25, 0.3) is 0 Å². The maximum absolute atomic E-state index is 10.2. The van der Waals surface area contributed by atoms with Gasteiger partial charge >= 0.3 is 7.60 Å². The molecule has 4 nitrogen and oxygen atoms in total. The van der Waals surface area contributed by atoms with Crippen LogP contribution in [0.3, 0.4) is 0 Å². The van der Waals surface area contributed by atoms with Crippen LogP contribution < -0.4 is 5.73 Å². The Morgan fingerprint density at radius 1 is 1.67 bits per heavy atom. The summed E-state index contributed by atoms with van der Waals surface area (Å²) in [6, 6.07) is -0.127. The third-order valence-corrected chi connectivity index (χ3v) is 1.72. The van der Waals surface area contributed by atoms with E-state index in [-0.39, 0.29) is 12.2 Å². The fourth-order valence-electron chi connectivity index (χ4n) is 0.372. The van der Waals surface area contributed by atoms with Gasteiger partial charge in [-0.2, -0.15) is 0 Å². The Morgan fingerprint density at radius 3 is 2.22 bits per heavy atom. The lowest BCUT2D eigenvalue weighted by Gasteiger charge is -2.04. The lowest BCUT2D eigenvalue weighted by molar-refractivity contribution is 0.370. The second-order valence-electron chi connectivity index (χ2n) is 2.15. The molecule has 0 saturated heterocycles. The zero-order chi connectivity index (χ0) is 7.49. The van der Waals surface area contributed by atoms with Crippen molar-refractivity contribution in [1.29, 1.82) is 0 Å². The first-order valence-electron chi connectivity index (χ1n) is 2.72. The highest BCUT2D eigenvalue weighted by Gasteiger charge is 2.12. The minimum atomic E-state index is -3.80. The summed E-state index contributed by atoms with van der Waals surface area (Å²) in [6.07, 6.45) is 0.273. The summed E-state index contributed by atoms with van der Waals surface area (Å²) in [6.45, 7) is 1.72. The number of hydrogen-bond donors (Lipinski definition) is 3. The van der Waals surface area contributed by atoms with Crippen LogP contribution in [0.5, 0.6) is 0 Å². The van der Waals surface area contributed by atoms with Gasteiger partial charge in [-0.3, -0.25) is 4.57 Å². The number of hydrogen-bond acceptors (Lipinski definition) is 2. The van der Waals surface area contributed by atoms with Crippen molar-refractivity contribution < 1.29 is 14.4 Å². The Bertz CT molecular complexity index is 119. The molecule has 0 heterocycles. The van der Waals surface area contributed by atoms with Crippen LogP contribution >= 0.6 is 7.60 Å². The van der Waals surface area contributed by atoms with Crippen LogP contribution in [-0.2, 0) is 4.57 Å². The van der Waals surface area contributed by atoms with Crippen molar-refractivity contribution in [2.75, 3.05) is 6.16 Å². The van der Waals surface area contributed by atoms with Gasteiger partial charge in [0.1, 0.15) is 0 Å². The maximum atomic E-state index is 10.2. The first-order chi connectivity index (χ1) is 3.92. The predicted octanol–water partition coefficient (Wildman–Crippen LogP) is -0.0986. The molecule has 0 aromatic rings. The molecule has 4 N–H and O–H groups in total. The highest BCUT2D eigenvalue weighted by atomic mass is 31.2. The second-order valence-corrected chi connectivity index (χ2v) is 3.93. The first kappa shape index (κ1) is 9.11. The van der Waals surface area contributed by atoms with Crippen molar-refractivity contribution in [2.45, 2.75) is 19.4 Å². The number of nitrogens with two attached hydrogens (primary N) is 1. The lowest BCUT2D eigenvalue weighted by atomic mass is 10.3. The average Bonchev–Trinajstić information content (AvgIpc) is 1.59. The summed E-state index contributed by atoms with van der Waals surface area (Å²) in [7, 11) is -3.80. The smallest absolute Gasteiger partial charge is 0.325 e. The maximum Gasteiger partial charge on any atom is 0.325 e. The fourth-order valence-corrected chi connectivity index (χ4v) is 1.12. The van der Waals surface area contributed by atoms with Crippen molar-refractivity contribution in [1.82, 2.24) is 0 Å². The van der Waals surface area contributed by atoms with E-state index in [9.17, 15) is 4.57 Å². The standard InChI is InChI=1S/C4H12NO3P/c1-4(5)2-3-9(6,7)8/h4H,2-3,5H2,1H3,(H2,6,7,8)/t4-/m0/s1. The number of rotatable bonds is 3. The molecule has 0 fully saturated rings. The topological polar surface area (TPSA) is 83.6 Å². The van der Waals surface area contributed by atoms with Gasteiger partial charge in [-0.25, -0.2) is 0 Å². The molecule has 0 rings (SSSR count). The van der Waals surface area contributed by atoms with E-state index < -0.39 is 7.60 Å². The normalized spacial score (nSPS) is 15.6. The summed E-state index contributed by atoms with van der Waals surface area (Å²) in [5.74, 6) is 0. The Labute approximate surface area is 54.2 Å². The Kier molecular flexibility index (Phi) is 3.36. The van der Waals surface area contributed by atoms with E-state index in [0.717, 1.165) is 0 Å². The molecule has 0 unspecified atom stereocenters. The van der Waals surface area contributed by atoms with Gasteiger partial charge in [0.25, 0.3) is 0 Å². The molecule has 0 radical (unpaired) electrons. The van der Waals surface area contributed by atoms with Crippen LogP contribution in [0, 0.1) is 0 Å². The summed E-state index contributed by atoms with van der Waals surface area (Å²) in [5.41, 5.74) is 5.26. The van der Waals surface area contributed by atoms with Gasteiger partial charge in [0.05, 0.1) is 6.16 Å². The monoisotopic (exact) mass is 153 g/mol. The summed E-state index contributed by atoms with van der Waals surface area (Å²) in [5, 5.41) is 0. The minimum Gasteiger partial charge on any atom is -0.328 e. The van der Waals surface area contributed by atoms with Crippen LogP contribution in [0.15, 0.2) is 0 Å². The highest BCUT2D eigenvalue weighted by Crippen LogP contribution is 2.34. The van der Waals surface area contributed by atoms with E-state index in [1.807, 2.05) is 0 Å². The molecule has 0 aromatic heterocycles. The van der Waals surface area contributed by atoms with Gasteiger partial charge in [-0.05, 0) is 13.3 Å². The molecule has 0 bridgehead atoms. The Hall–Kier alpha value is 0.110. The molecule has 0 aliphatic heterocycles. The first-order valence-corrected chi connectivity index (χ1v) is 4.52. The van der Waals surface area contributed by atoms with Gasteiger partial charge < -0.3 is 15.5 Å². The van der Waals surface area contributed by atoms with E-state index in [0.29, 0.717) is 6.42 Å². The largest absolute Gasteiger partial charge is 0.328 e. The SMILES string of the molecule is C[C@H](N)CCP(=O)(O)O. The van der Waals surface area contributed by atoms with Crippen LogP contribution in [-0.4, -0.2) is 22.0 Å². The van der Waals surface area contributed by atoms with Gasteiger partial charge in [-0.1, -0.05) is 0 Å². The van der Waals surface area contributed by atoms with Gasteiger partial charge in [0.2, 0.25) is 0 Å². The summed E-state index contributed by atoms with van der Waals surface area (Å²) < 4.78 is 10.2. The third kappa shape index (κ3) is 8.11. The lowest BCUT2D eigenvalue weighted by Crippen LogP contribution is -2.16. The van der Waals surface area contributed by atoms with E-state index in [2.05, 4.69) is 0 Å². The molecule has 0 aliphatic rings. The molecule has 0 spiro atoms. The summed E-state index contributed by atoms with van der Waals surface area (Å²) in [4.78, 5) is 16.6. The zero-order valence-corrected chi connectivity index (χ0v) is 6.21. The third-order valence-electron chi connectivity index (χ3n) is 0.876. The Balaban J connectivity index is 3.40. The van der Waals surface area contributed by atoms with E-state index in [1.165, 1.54) is 0 Å². The molecule has 0 amide bonds. The molecule has 0 aliphatic carbocycles. The zero-order valence-electron chi connectivity index (χ0n) is 5.32. The van der Waals surface area contributed by atoms with Gasteiger partial charge in [-0.15, -0.1) is 0 Å². The summed E-state index contributed by atoms with van der Waals surface area (Å²) >= 11 is 0. The predicted molar refractivity (Wildman–Crippen MR) is 35.2 cm³/mol. The van der Waals surface area contributed by atoms with Crippen molar-refractivity contribution in [2.24, 2.45) is 5.73 Å². The minimum absolute atomic E-state index is 0.106. The van der Waals surface area contributed by atoms with E-state index in [1.54, 1.807) is 6.92 Å². The van der Waals surface area contributed by atoms with Crippen LogP contribution in [0.4, 0.5) is 0 Å². The van der Waals surface area contributed by atoms with Crippen molar-refractivity contribution >= 4 is 7.60 Å². The molecule has 56 valence electrons. The van der Waals surface area contributed by atoms with Crippen molar-refractivity contribution in [3.05, 3.63) is 0 Å².